The lowest BCUT2D eigenvalue weighted by Crippen LogP contribution is -2.48. The predicted molar refractivity (Wildman–Crippen MR) is 275 cm³/mol. The Kier molecular flexibility index (Phi) is 14.2. The van der Waals surface area contributed by atoms with Gasteiger partial charge in [-0.15, -0.1) is 0 Å². The van der Waals surface area contributed by atoms with Crippen molar-refractivity contribution in [2.75, 3.05) is 41.2 Å². The zero-order valence-electron chi connectivity index (χ0n) is 40.7. The van der Waals surface area contributed by atoms with E-state index in [0.29, 0.717) is 100 Å². The summed E-state index contributed by atoms with van der Waals surface area (Å²) in [5, 5.41) is 12.3. The van der Waals surface area contributed by atoms with Gasteiger partial charge < -0.3 is 50.8 Å². The van der Waals surface area contributed by atoms with Crippen LogP contribution in [0, 0.1) is 0 Å². The van der Waals surface area contributed by atoms with E-state index < -0.39 is 23.9 Å². The molecule has 0 aromatic heterocycles. The molecule has 9 rings (SSSR count). The molecular formula is C55H58N8O9. The molecule has 0 radical (unpaired) electrons. The third-order valence-corrected chi connectivity index (χ3v) is 13.3. The van der Waals surface area contributed by atoms with Gasteiger partial charge in [0.1, 0.15) is 25.3 Å². The topological polar surface area (TPSA) is 215 Å². The first-order chi connectivity index (χ1) is 34.8. The highest BCUT2D eigenvalue weighted by molar-refractivity contribution is 6.15. The molecule has 6 N–H and O–H groups in total. The minimum atomic E-state index is -0.940. The van der Waals surface area contributed by atoms with Crippen LogP contribution in [0.4, 0.5) is 28.4 Å². The van der Waals surface area contributed by atoms with E-state index >= 15 is 0 Å². The number of unbranched alkanes of at least 4 members (excludes halogenated alkanes) is 1. The van der Waals surface area contributed by atoms with Crippen LogP contribution in [-0.2, 0) is 40.4 Å². The number of nitrogens with one attached hydrogen (secondary N) is 4. The summed E-state index contributed by atoms with van der Waals surface area (Å²) in [6, 6.07) is 26.1. The van der Waals surface area contributed by atoms with Gasteiger partial charge in [-0.3, -0.25) is 33.9 Å². The van der Waals surface area contributed by atoms with Gasteiger partial charge in [-0.1, -0.05) is 43.0 Å². The van der Waals surface area contributed by atoms with Crippen molar-refractivity contribution < 1.29 is 42.9 Å². The average molecular weight is 975 g/mol. The number of nitrogens with two attached hydrogens (primary N) is 1. The summed E-state index contributed by atoms with van der Waals surface area (Å²) in [6.07, 6.45) is 5.31. The maximum atomic E-state index is 14.1. The van der Waals surface area contributed by atoms with Crippen LogP contribution >= 0.6 is 0 Å². The van der Waals surface area contributed by atoms with Crippen LogP contribution in [0.5, 0.6) is 23.0 Å². The van der Waals surface area contributed by atoms with Crippen LogP contribution in [0.3, 0.4) is 0 Å². The Hall–Kier alpha value is -8.34. The number of aliphatic imine (C=N–C) groups is 1. The van der Waals surface area contributed by atoms with Crippen molar-refractivity contribution in [3.05, 3.63) is 137 Å². The molecule has 5 aromatic rings. The quantitative estimate of drug-likeness (QED) is 0.0525. The molecule has 0 bridgehead atoms. The summed E-state index contributed by atoms with van der Waals surface area (Å²) < 4.78 is 24.4. The Labute approximate surface area is 417 Å². The summed E-state index contributed by atoms with van der Waals surface area (Å²) in [5.74, 6) is -0.125. The van der Waals surface area contributed by atoms with Crippen LogP contribution in [0.1, 0.15) is 82.5 Å². The first-order valence-electron chi connectivity index (χ1n) is 24.1. The van der Waals surface area contributed by atoms with Crippen LogP contribution in [0.15, 0.2) is 108 Å². The molecule has 0 fully saturated rings. The molecule has 0 spiro atoms. The molecule has 17 nitrogen and oxygen atoms in total. The normalized spacial score (nSPS) is 16.7. The summed E-state index contributed by atoms with van der Waals surface area (Å²) in [5.41, 5.74) is 13.4. The van der Waals surface area contributed by atoms with E-state index in [1.807, 2.05) is 53.4 Å². The predicted octanol–water partition coefficient (Wildman–Crippen LogP) is 7.13. The van der Waals surface area contributed by atoms with Crippen molar-refractivity contribution in [2.45, 2.75) is 89.8 Å². The van der Waals surface area contributed by atoms with E-state index in [4.69, 9.17) is 29.7 Å². The molecule has 0 saturated heterocycles. The van der Waals surface area contributed by atoms with E-state index in [1.54, 1.807) is 61.4 Å². The molecule has 372 valence electrons. The van der Waals surface area contributed by atoms with Crippen LogP contribution in [0.2, 0.25) is 0 Å². The number of allylic oxidation sites excluding steroid dienone is 1. The maximum absolute atomic E-state index is 14.1. The van der Waals surface area contributed by atoms with Crippen molar-refractivity contribution in [3.8, 4) is 23.0 Å². The van der Waals surface area contributed by atoms with Gasteiger partial charge >= 0.3 is 0 Å². The zero-order valence-corrected chi connectivity index (χ0v) is 40.7. The number of primary amides is 1. The highest BCUT2D eigenvalue weighted by Gasteiger charge is 2.39. The van der Waals surface area contributed by atoms with Crippen molar-refractivity contribution in [2.24, 2.45) is 10.7 Å². The van der Waals surface area contributed by atoms with E-state index in [1.165, 1.54) is 14.2 Å². The van der Waals surface area contributed by atoms with Gasteiger partial charge in [-0.2, -0.15) is 0 Å². The van der Waals surface area contributed by atoms with Crippen LogP contribution in [0.25, 0.3) is 0 Å². The number of ether oxygens (including phenoxy) is 4. The smallest absolute Gasteiger partial charge is 0.261 e. The molecule has 4 heterocycles. The Morgan fingerprint density at radius 1 is 0.736 bits per heavy atom. The van der Waals surface area contributed by atoms with Gasteiger partial charge in [0.25, 0.3) is 11.8 Å². The number of nitrogens with zero attached hydrogens (tertiary/aromatic N) is 3. The number of carbonyl (C=O) groups is 5. The molecule has 72 heavy (non-hydrogen) atoms. The van der Waals surface area contributed by atoms with Crippen molar-refractivity contribution >= 4 is 64.2 Å². The molecule has 4 aliphatic rings. The summed E-state index contributed by atoms with van der Waals surface area (Å²) in [6.45, 7) is 7.81. The van der Waals surface area contributed by atoms with Crippen molar-refractivity contribution in [1.29, 1.82) is 0 Å². The fourth-order valence-electron chi connectivity index (χ4n) is 9.66. The van der Waals surface area contributed by atoms with E-state index in [0.717, 1.165) is 28.9 Å². The second kappa shape index (κ2) is 20.9. The van der Waals surface area contributed by atoms with Crippen LogP contribution in [-0.4, -0.2) is 80.7 Å². The number of hydrogen-bond donors (Lipinski definition) is 5. The SMILES string of the molecule is C=C(CCCCC(N)=O)NC(C)C(=O)NC(C)C(=O)Nc1cc(COc2cc3c(cc2OC)C(=O)N2c4ccccc4C[C@H]2C=N3)cc(COc2cc3c(cc2OC)C(=O)N2c4ccccc4CC2CN3)c1. The fraction of sp³-hybridized carbons (Fsp3) is 0.309. The Bertz CT molecular complexity index is 3010. The van der Waals surface area contributed by atoms with Crippen LogP contribution < -0.4 is 55.7 Å². The number of rotatable bonds is 19. The number of amides is 5. The number of methoxy groups -OCH3 is 2. The van der Waals surface area contributed by atoms with Gasteiger partial charge in [0.15, 0.2) is 23.0 Å². The molecule has 4 aliphatic heterocycles. The first-order valence-corrected chi connectivity index (χ1v) is 24.1. The van der Waals surface area contributed by atoms with E-state index in [2.05, 4.69) is 33.9 Å². The van der Waals surface area contributed by atoms with Crippen molar-refractivity contribution in [1.82, 2.24) is 10.6 Å². The lowest BCUT2D eigenvalue weighted by Gasteiger charge is -2.23. The van der Waals surface area contributed by atoms with Gasteiger partial charge in [-0.05, 0) is 104 Å². The molecule has 0 aliphatic carbocycles. The maximum Gasteiger partial charge on any atom is 0.261 e. The third-order valence-electron chi connectivity index (χ3n) is 13.3. The highest BCUT2D eigenvalue weighted by Crippen LogP contribution is 2.43. The molecule has 4 atom stereocenters. The van der Waals surface area contributed by atoms with Crippen molar-refractivity contribution in [3.63, 3.8) is 0 Å². The highest BCUT2D eigenvalue weighted by atomic mass is 16.5. The largest absolute Gasteiger partial charge is 0.493 e. The molecule has 3 unspecified atom stereocenters. The molecule has 5 amide bonds. The number of hydrogen-bond acceptors (Lipinski definition) is 12. The third kappa shape index (κ3) is 10.3. The molecular weight excluding hydrogens is 917 g/mol. The van der Waals surface area contributed by atoms with Gasteiger partial charge in [0, 0.05) is 60.5 Å². The Balaban J connectivity index is 0.939. The monoisotopic (exact) mass is 974 g/mol. The molecule has 17 heteroatoms. The summed E-state index contributed by atoms with van der Waals surface area (Å²) in [4.78, 5) is 74.6. The number of carbonyl (C=O) groups excluding carboxylic acids is 5. The summed E-state index contributed by atoms with van der Waals surface area (Å²) >= 11 is 0. The standard InChI is InChI=1S/C55H58N8O9/c1-31(12-6-11-17-51(56)64)59-32(2)52(65)60-33(3)53(66)61-38-19-34(29-71-49-25-43-41(23-47(49)69-4)54(67)62-39(27-57-43)21-36-13-7-9-15-45(36)62)18-35(20-38)30-72-50-26-44-42(24-48(50)70-5)55(68)63-40(28-58-44)22-37-14-8-10-16-46(37)63/h7-10,13-16,18-20,23-27,32-33,39-40,58-59H,1,6,11-12,17,21-22,28-30H2,2-5H3,(H2,56,64)(H,60,65)(H,61,66)/t32?,33?,39-,40?/m0/s1. The minimum absolute atomic E-state index is 0.00251. The number of fused-ring (bicyclic) bond motifs is 8. The second-order valence-electron chi connectivity index (χ2n) is 18.4. The first kappa shape index (κ1) is 48.7. The summed E-state index contributed by atoms with van der Waals surface area (Å²) in [7, 11) is 3.02. The minimum Gasteiger partial charge on any atom is -0.493 e. The average Bonchev–Trinajstić information content (AvgIpc) is 3.86. The van der Waals surface area contributed by atoms with E-state index in [9.17, 15) is 24.0 Å². The van der Waals surface area contributed by atoms with Gasteiger partial charge in [0.05, 0.1) is 48.8 Å². The number of benzene rings is 5. The van der Waals surface area contributed by atoms with Gasteiger partial charge in [-0.25, -0.2) is 0 Å². The number of anilines is 4. The molecule has 0 saturated carbocycles. The lowest BCUT2D eigenvalue weighted by molar-refractivity contribution is -0.127. The van der Waals surface area contributed by atoms with E-state index in [-0.39, 0.29) is 49.4 Å². The lowest BCUT2D eigenvalue weighted by atomic mass is 10.1. The Morgan fingerprint density at radius 2 is 1.33 bits per heavy atom. The van der Waals surface area contributed by atoms with Gasteiger partial charge in [0.2, 0.25) is 17.7 Å². The second-order valence-corrected chi connectivity index (χ2v) is 18.4. The molecule has 5 aromatic carbocycles. The zero-order chi connectivity index (χ0) is 50.6. The Morgan fingerprint density at radius 3 is 2.01 bits per heavy atom. The fourth-order valence-corrected chi connectivity index (χ4v) is 9.66. The number of para-hydroxylation sites is 2.